The highest BCUT2D eigenvalue weighted by atomic mass is 16.2. The van der Waals surface area contributed by atoms with Crippen LogP contribution in [0.15, 0.2) is 48.5 Å². The Kier molecular flexibility index (Phi) is 5.85. The Balaban J connectivity index is 1.87. The molecule has 3 rings (SSSR count). The molecule has 27 heavy (non-hydrogen) atoms. The zero-order valence-electron chi connectivity index (χ0n) is 16.8. The predicted octanol–water partition coefficient (Wildman–Crippen LogP) is 4.08. The highest BCUT2D eigenvalue weighted by Gasteiger charge is 2.34. The Labute approximate surface area is 162 Å². The maximum absolute atomic E-state index is 13.0. The second-order valence-corrected chi connectivity index (χ2v) is 8.00. The van der Waals surface area contributed by atoms with E-state index in [-0.39, 0.29) is 17.9 Å². The van der Waals surface area contributed by atoms with Gasteiger partial charge in [0.15, 0.2) is 0 Å². The Bertz CT molecular complexity index is 774. The monoisotopic (exact) mass is 365 g/mol. The van der Waals surface area contributed by atoms with E-state index in [0.717, 1.165) is 29.8 Å². The molecule has 0 aromatic heterocycles. The summed E-state index contributed by atoms with van der Waals surface area (Å²) in [5, 5.41) is 3.24. The molecule has 2 atom stereocenters. The zero-order valence-corrected chi connectivity index (χ0v) is 16.8. The first-order valence-corrected chi connectivity index (χ1v) is 9.89. The number of anilines is 1. The molecule has 0 radical (unpaired) electrons. The lowest BCUT2D eigenvalue weighted by Gasteiger charge is -2.35. The second-order valence-electron chi connectivity index (χ2n) is 8.00. The third-order valence-electron chi connectivity index (χ3n) is 5.56. The molecule has 0 aliphatic carbocycles. The summed E-state index contributed by atoms with van der Waals surface area (Å²) < 4.78 is 0. The van der Waals surface area contributed by atoms with Crippen LogP contribution in [0.5, 0.6) is 0 Å². The van der Waals surface area contributed by atoms with E-state index in [2.05, 4.69) is 50.0 Å². The lowest BCUT2D eigenvalue weighted by Crippen LogP contribution is -2.42. The fourth-order valence-electron chi connectivity index (χ4n) is 4.18. The van der Waals surface area contributed by atoms with Gasteiger partial charge in [0, 0.05) is 17.8 Å². The van der Waals surface area contributed by atoms with E-state index in [1.54, 1.807) is 0 Å². The van der Waals surface area contributed by atoms with Crippen molar-refractivity contribution in [2.75, 3.05) is 12.3 Å². The second kappa shape index (κ2) is 8.13. The maximum atomic E-state index is 13.0. The van der Waals surface area contributed by atoms with Gasteiger partial charge < -0.3 is 11.1 Å². The lowest BCUT2D eigenvalue weighted by molar-refractivity contribution is -0.124. The number of carbonyl (C=O) groups is 1. The maximum Gasteiger partial charge on any atom is 0.228 e. The van der Waals surface area contributed by atoms with Gasteiger partial charge in [-0.15, -0.1) is 0 Å². The van der Waals surface area contributed by atoms with Gasteiger partial charge in [0.2, 0.25) is 5.91 Å². The van der Waals surface area contributed by atoms with Gasteiger partial charge in [0.1, 0.15) is 0 Å². The van der Waals surface area contributed by atoms with E-state index in [4.69, 9.17) is 5.73 Å². The SMILES string of the molecule is CC(C)N(CCC1C(=O)NC(c2ccc(N)cc2)c2ccccc21)C(C)C. The number of hydrogen-bond donors (Lipinski definition) is 2. The molecule has 3 N–H and O–H groups in total. The quantitative estimate of drug-likeness (QED) is 0.758. The molecule has 0 saturated carbocycles. The minimum Gasteiger partial charge on any atom is -0.399 e. The summed E-state index contributed by atoms with van der Waals surface area (Å²) in [5.74, 6) is 0.00854. The van der Waals surface area contributed by atoms with Gasteiger partial charge in [-0.2, -0.15) is 0 Å². The van der Waals surface area contributed by atoms with Crippen LogP contribution in [0.3, 0.4) is 0 Å². The average Bonchev–Trinajstić information content (AvgIpc) is 2.63. The number of fused-ring (bicyclic) bond motifs is 1. The van der Waals surface area contributed by atoms with Gasteiger partial charge in [0.05, 0.1) is 12.0 Å². The molecule has 0 saturated heterocycles. The van der Waals surface area contributed by atoms with Crippen molar-refractivity contribution in [2.24, 2.45) is 0 Å². The van der Waals surface area contributed by atoms with E-state index in [9.17, 15) is 4.79 Å². The van der Waals surface area contributed by atoms with Crippen LogP contribution >= 0.6 is 0 Å². The Morgan fingerprint density at radius 3 is 2.15 bits per heavy atom. The molecule has 1 heterocycles. The molecule has 0 spiro atoms. The predicted molar refractivity (Wildman–Crippen MR) is 112 cm³/mol. The average molecular weight is 366 g/mol. The van der Waals surface area contributed by atoms with Crippen LogP contribution in [-0.4, -0.2) is 29.4 Å². The Morgan fingerprint density at radius 1 is 0.963 bits per heavy atom. The smallest absolute Gasteiger partial charge is 0.228 e. The van der Waals surface area contributed by atoms with Gasteiger partial charge >= 0.3 is 0 Å². The van der Waals surface area contributed by atoms with Crippen LogP contribution in [0.25, 0.3) is 0 Å². The fourth-order valence-corrected chi connectivity index (χ4v) is 4.18. The standard InChI is InChI=1S/C23H31N3O/c1-15(2)26(16(3)4)14-13-21-19-7-5-6-8-20(19)22(25-23(21)27)17-9-11-18(24)12-10-17/h5-12,15-16,21-22H,13-14,24H2,1-4H3,(H,25,27). The Hall–Kier alpha value is -2.33. The number of benzene rings is 2. The summed E-state index contributed by atoms with van der Waals surface area (Å²) in [6, 6.07) is 16.9. The van der Waals surface area contributed by atoms with E-state index in [1.165, 1.54) is 5.56 Å². The van der Waals surface area contributed by atoms with Crippen molar-refractivity contribution in [1.29, 1.82) is 0 Å². The first-order chi connectivity index (χ1) is 12.9. The molecule has 4 heteroatoms. The molecule has 0 bridgehead atoms. The van der Waals surface area contributed by atoms with Crippen molar-refractivity contribution in [2.45, 2.75) is 58.2 Å². The van der Waals surface area contributed by atoms with Crippen LogP contribution < -0.4 is 11.1 Å². The van der Waals surface area contributed by atoms with Crippen molar-refractivity contribution < 1.29 is 4.79 Å². The number of nitrogens with two attached hydrogens (primary N) is 1. The molecule has 2 aromatic carbocycles. The summed E-state index contributed by atoms with van der Waals surface area (Å²) in [4.78, 5) is 15.5. The van der Waals surface area contributed by atoms with Gasteiger partial charge in [0.25, 0.3) is 0 Å². The van der Waals surface area contributed by atoms with Gasteiger partial charge in [-0.3, -0.25) is 9.69 Å². The number of nitrogens with zero attached hydrogens (tertiary/aromatic N) is 1. The molecule has 2 unspecified atom stereocenters. The number of amides is 1. The lowest BCUT2D eigenvalue weighted by atomic mass is 9.82. The zero-order chi connectivity index (χ0) is 19.6. The van der Waals surface area contributed by atoms with Crippen LogP contribution in [0.4, 0.5) is 5.69 Å². The highest BCUT2D eigenvalue weighted by Crippen LogP contribution is 2.36. The number of hydrogen-bond acceptors (Lipinski definition) is 3. The van der Waals surface area contributed by atoms with Gasteiger partial charge in [-0.1, -0.05) is 36.4 Å². The van der Waals surface area contributed by atoms with Crippen LogP contribution in [0.2, 0.25) is 0 Å². The highest BCUT2D eigenvalue weighted by molar-refractivity contribution is 5.87. The summed E-state index contributed by atoms with van der Waals surface area (Å²) in [6.45, 7) is 9.77. The normalized spacial score (nSPS) is 19.4. The summed E-state index contributed by atoms with van der Waals surface area (Å²) >= 11 is 0. The molecule has 4 nitrogen and oxygen atoms in total. The summed E-state index contributed by atoms with van der Waals surface area (Å²) in [5.41, 5.74) is 9.96. The van der Waals surface area contributed by atoms with E-state index >= 15 is 0 Å². The minimum atomic E-state index is -0.114. The molecule has 1 amide bonds. The number of rotatable bonds is 6. The molecule has 144 valence electrons. The van der Waals surface area contributed by atoms with Gasteiger partial charge in [-0.05, 0) is 69.5 Å². The van der Waals surface area contributed by atoms with Crippen molar-refractivity contribution in [3.05, 3.63) is 65.2 Å². The van der Waals surface area contributed by atoms with Crippen molar-refractivity contribution in [1.82, 2.24) is 10.2 Å². The summed E-state index contributed by atoms with van der Waals surface area (Å²) in [6.07, 6.45) is 0.827. The molecule has 1 aliphatic heterocycles. The Morgan fingerprint density at radius 2 is 1.56 bits per heavy atom. The molecule has 2 aromatic rings. The van der Waals surface area contributed by atoms with Gasteiger partial charge in [-0.25, -0.2) is 0 Å². The topological polar surface area (TPSA) is 58.4 Å². The van der Waals surface area contributed by atoms with E-state index in [0.29, 0.717) is 12.1 Å². The number of carbonyl (C=O) groups excluding carboxylic acids is 1. The van der Waals surface area contributed by atoms with Crippen LogP contribution in [0.1, 0.15) is 62.8 Å². The van der Waals surface area contributed by atoms with Crippen molar-refractivity contribution in [3.8, 4) is 0 Å². The number of nitrogens with one attached hydrogen (secondary N) is 1. The summed E-state index contributed by atoms with van der Waals surface area (Å²) in [7, 11) is 0. The fraction of sp³-hybridized carbons (Fsp3) is 0.435. The van der Waals surface area contributed by atoms with E-state index in [1.807, 2.05) is 36.4 Å². The first-order valence-electron chi connectivity index (χ1n) is 9.89. The first kappa shape index (κ1) is 19.4. The van der Waals surface area contributed by atoms with Crippen LogP contribution in [-0.2, 0) is 4.79 Å². The van der Waals surface area contributed by atoms with Crippen molar-refractivity contribution in [3.63, 3.8) is 0 Å². The molecule has 0 fully saturated rings. The third-order valence-corrected chi connectivity index (χ3v) is 5.56. The number of nitrogen functional groups attached to an aromatic ring is 1. The molecular formula is C23H31N3O. The third kappa shape index (κ3) is 4.16. The molecule has 1 aliphatic rings. The van der Waals surface area contributed by atoms with Crippen molar-refractivity contribution >= 4 is 11.6 Å². The minimum absolute atomic E-state index is 0.105. The van der Waals surface area contributed by atoms with Crippen LogP contribution in [0, 0.1) is 0 Å². The largest absolute Gasteiger partial charge is 0.399 e. The van der Waals surface area contributed by atoms with E-state index < -0.39 is 0 Å². The molecular weight excluding hydrogens is 334 g/mol.